The summed E-state index contributed by atoms with van der Waals surface area (Å²) in [5.41, 5.74) is 1.60. The molecule has 1 fully saturated rings. The van der Waals surface area contributed by atoms with Crippen molar-refractivity contribution in [2.45, 2.75) is 33.1 Å². The molecule has 5 heteroatoms. The average molecular weight is 366 g/mol. The topological polar surface area (TPSA) is 55.7 Å². The first-order valence-corrected chi connectivity index (χ1v) is 8.21. The predicted octanol–water partition coefficient (Wildman–Crippen LogP) is 4.33. The zero-order chi connectivity index (χ0) is 16.3. The van der Waals surface area contributed by atoms with Crippen molar-refractivity contribution >= 4 is 39.1 Å². The van der Waals surface area contributed by atoms with Crippen molar-refractivity contribution in [3.63, 3.8) is 0 Å². The maximum absolute atomic E-state index is 12.3. The Labute approximate surface area is 139 Å². The van der Waals surface area contributed by atoms with Gasteiger partial charge in [-0.2, -0.15) is 0 Å². The number of ketones is 1. The minimum absolute atomic E-state index is 0.111. The van der Waals surface area contributed by atoms with E-state index in [9.17, 15) is 9.59 Å². The number of esters is 1. The maximum Gasteiger partial charge on any atom is 0.339 e. The summed E-state index contributed by atoms with van der Waals surface area (Å²) in [6.45, 7) is 4.30. The Balaban J connectivity index is 2.27. The fraction of sp³-hybridized carbons (Fsp3) is 0.471. The highest BCUT2D eigenvalue weighted by molar-refractivity contribution is 9.10. The van der Waals surface area contributed by atoms with Crippen LogP contribution in [0.5, 0.6) is 0 Å². The van der Waals surface area contributed by atoms with Crippen LogP contribution in [0.1, 0.15) is 43.5 Å². The number of rotatable bonds is 3. The lowest BCUT2D eigenvalue weighted by molar-refractivity contribution is -0.114. The van der Waals surface area contributed by atoms with Gasteiger partial charge < -0.3 is 4.74 Å². The van der Waals surface area contributed by atoms with Gasteiger partial charge in [0.1, 0.15) is 0 Å². The molecular weight excluding hydrogens is 346 g/mol. The van der Waals surface area contributed by atoms with Gasteiger partial charge in [-0.25, -0.2) is 9.79 Å². The first-order chi connectivity index (χ1) is 10.4. The summed E-state index contributed by atoms with van der Waals surface area (Å²) in [4.78, 5) is 28.4. The van der Waals surface area contributed by atoms with Gasteiger partial charge in [0.2, 0.25) is 0 Å². The number of methoxy groups -OCH3 is 1. The SMILES string of the molecule is COC(=O)c1cccc(N=C2CCC(C(C)C)CC2=O)c1Br. The van der Waals surface area contributed by atoms with E-state index < -0.39 is 5.97 Å². The average Bonchev–Trinajstić information content (AvgIpc) is 2.50. The number of hydrogen-bond acceptors (Lipinski definition) is 4. The van der Waals surface area contributed by atoms with Crippen LogP contribution in [0.3, 0.4) is 0 Å². The van der Waals surface area contributed by atoms with Gasteiger partial charge in [0, 0.05) is 6.42 Å². The van der Waals surface area contributed by atoms with E-state index in [1.54, 1.807) is 18.2 Å². The first-order valence-electron chi connectivity index (χ1n) is 7.41. The minimum atomic E-state index is -0.427. The van der Waals surface area contributed by atoms with E-state index in [0.29, 0.717) is 46.1 Å². The number of Topliss-reactive ketones (excluding diaryl/α,β-unsaturated/α-hetero) is 1. The highest BCUT2D eigenvalue weighted by Crippen LogP contribution is 2.32. The third-order valence-corrected chi connectivity index (χ3v) is 4.94. The molecule has 0 spiro atoms. The molecular formula is C17H20BrNO3. The molecule has 2 rings (SSSR count). The van der Waals surface area contributed by atoms with Crippen LogP contribution in [0.4, 0.5) is 5.69 Å². The molecule has 1 unspecified atom stereocenters. The molecule has 22 heavy (non-hydrogen) atoms. The van der Waals surface area contributed by atoms with Crippen molar-refractivity contribution < 1.29 is 14.3 Å². The van der Waals surface area contributed by atoms with Gasteiger partial charge in [-0.15, -0.1) is 0 Å². The third kappa shape index (κ3) is 3.64. The standard InChI is InChI=1S/C17H20BrNO3/c1-10(2)11-7-8-13(15(20)9-11)19-14-6-4-5-12(16(14)18)17(21)22-3/h4-6,10-11H,7-9H2,1-3H3. The zero-order valence-electron chi connectivity index (χ0n) is 13.1. The summed E-state index contributed by atoms with van der Waals surface area (Å²) in [7, 11) is 1.34. The Hall–Kier alpha value is -1.49. The van der Waals surface area contributed by atoms with E-state index in [2.05, 4.69) is 34.8 Å². The van der Waals surface area contributed by atoms with Gasteiger partial charge in [-0.3, -0.25) is 4.79 Å². The smallest absolute Gasteiger partial charge is 0.339 e. The van der Waals surface area contributed by atoms with Gasteiger partial charge in [-0.1, -0.05) is 19.9 Å². The van der Waals surface area contributed by atoms with Crippen LogP contribution in [-0.4, -0.2) is 24.6 Å². The summed E-state index contributed by atoms with van der Waals surface area (Å²) in [6, 6.07) is 5.18. The van der Waals surface area contributed by atoms with Crippen molar-refractivity contribution in [3.05, 3.63) is 28.2 Å². The Kier molecular flexibility index (Phi) is 5.51. The number of nitrogens with zero attached hydrogens (tertiary/aromatic N) is 1. The molecule has 1 aliphatic rings. The normalized spacial score (nSPS) is 20.5. The molecule has 1 saturated carbocycles. The van der Waals surface area contributed by atoms with E-state index in [0.717, 1.165) is 6.42 Å². The summed E-state index contributed by atoms with van der Waals surface area (Å²) in [5, 5.41) is 0. The highest BCUT2D eigenvalue weighted by Gasteiger charge is 2.27. The number of carbonyl (C=O) groups is 2. The Morgan fingerprint density at radius 3 is 2.73 bits per heavy atom. The molecule has 0 bridgehead atoms. The van der Waals surface area contributed by atoms with Gasteiger partial charge in [0.25, 0.3) is 0 Å². The van der Waals surface area contributed by atoms with Gasteiger partial charge >= 0.3 is 5.97 Å². The van der Waals surface area contributed by atoms with Crippen molar-refractivity contribution in [1.29, 1.82) is 0 Å². The molecule has 0 aromatic heterocycles. The second-order valence-electron chi connectivity index (χ2n) is 5.86. The van der Waals surface area contributed by atoms with Crippen LogP contribution in [0.25, 0.3) is 0 Å². The largest absolute Gasteiger partial charge is 0.465 e. The molecule has 0 N–H and O–H groups in total. The van der Waals surface area contributed by atoms with Gasteiger partial charge in [0.15, 0.2) is 5.78 Å². The molecule has 1 aromatic rings. The molecule has 4 nitrogen and oxygen atoms in total. The number of hydrogen-bond donors (Lipinski definition) is 0. The van der Waals surface area contributed by atoms with E-state index in [1.807, 2.05) is 0 Å². The fourth-order valence-corrected chi connectivity index (χ4v) is 3.14. The highest BCUT2D eigenvalue weighted by atomic mass is 79.9. The monoisotopic (exact) mass is 365 g/mol. The van der Waals surface area contributed by atoms with Crippen molar-refractivity contribution in [3.8, 4) is 0 Å². The van der Waals surface area contributed by atoms with Crippen LogP contribution in [0.15, 0.2) is 27.7 Å². The van der Waals surface area contributed by atoms with E-state index in [4.69, 9.17) is 4.74 Å². The Bertz CT molecular complexity index is 622. The lowest BCUT2D eigenvalue weighted by Gasteiger charge is -2.25. The van der Waals surface area contributed by atoms with Crippen LogP contribution < -0.4 is 0 Å². The van der Waals surface area contributed by atoms with Crippen LogP contribution >= 0.6 is 15.9 Å². The Morgan fingerprint density at radius 1 is 1.41 bits per heavy atom. The molecule has 0 amide bonds. The lowest BCUT2D eigenvalue weighted by Crippen LogP contribution is -2.27. The quantitative estimate of drug-likeness (QED) is 0.748. The van der Waals surface area contributed by atoms with E-state index in [1.165, 1.54) is 7.11 Å². The third-order valence-electron chi connectivity index (χ3n) is 4.10. The first kappa shape index (κ1) is 16.9. The molecule has 0 aliphatic heterocycles. The molecule has 1 atom stereocenters. The zero-order valence-corrected chi connectivity index (χ0v) is 14.6. The van der Waals surface area contributed by atoms with Gasteiger partial charge in [0.05, 0.1) is 28.5 Å². The molecule has 0 saturated heterocycles. The second kappa shape index (κ2) is 7.18. The summed E-state index contributed by atoms with van der Waals surface area (Å²) in [5.74, 6) is 0.639. The molecule has 1 aliphatic carbocycles. The summed E-state index contributed by atoms with van der Waals surface area (Å²) in [6.07, 6.45) is 2.23. The number of halogens is 1. The van der Waals surface area contributed by atoms with Crippen LogP contribution in [0, 0.1) is 11.8 Å². The number of carbonyl (C=O) groups excluding carboxylic acids is 2. The predicted molar refractivity (Wildman–Crippen MR) is 89.8 cm³/mol. The summed E-state index contributed by atoms with van der Waals surface area (Å²) >= 11 is 3.39. The lowest BCUT2D eigenvalue weighted by atomic mass is 9.80. The molecule has 1 aromatic carbocycles. The van der Waals surface area contributed by atoms with E-state index >= 15 is 0 Å². The number of ether oxygens (including phenoxy) is 1. The fourth-order valence-electron chi connectivity index (χ4n) is 2.63. The van der Waals surface area contributed by atoms with E-state index in [-0.39, 0.29) is 5.78 Å². The number of aliphatic imine (C=N–C) groups is 1. The minimum Gasteiger partial charge on any atom is -0.465 e. The molecule has 0 heterocycles. The van der Waals surface area contributed by atoms with Crippen molar-refractivity contribution in [2.24, 2.45) is 16.8 Å². The van der Waals surface area contributed by atoms with Gasteiger partial charge in [-0.05, 0) is 52.7 Å². The van der Waals surface area contributed by atoms with Crippen molar-refractivity contribution in [2.75, 3.05) is 7.11 Å². The van der Waals surface area contributed by atoms with Crippen LogP contribution in [-0.2, 0) is 9.53 Å². The number of benzene rings is 1. The summed E-state index contributed by atoms with van der Waals surface area (Å²) < 4.78 is 5.30. The molecule has 0 radical (unpaired) electrons. The van der Waals surface area contributed by atoms with Crippen LogP contribution in [0.2, 0.25) is 0 Å². The maximum atomic E-state index is 12.3. The van der Waals surface area contributed by atoms with Crippen molar-refractivity contribution in [1.82, 2.24) is 0 Å². The Morgan fingerprint density at radius 2 is 2.14 bits per heavy atom. The molecule has 118 valence electrons. The second-order valence-corrected chi connectivity index (χ2v) is 6.65.